The normalized spacial score (nSPS) is 10.9. The maximum atomic E-state index is 11.5. The Balaban J connectivity index is 3.74. The second-order valence-electron chi connectivity index (χ2n) is 5.26. The van der Waals surface area contributed by atoms with Crippen LogP contribution in [0.2, 0.25) is 0 Å². The minimum absolute atomic E-state index is 0.00134. The highest BCUT2D eigenvalue weighted by Gasteiger charge is 2.11. The van der Waals surface area contributed by atoms with Gasteiger partial charge in [0.05, 0.1) is 6.61 Å². The van der Waals surface area contributed by atoms with Crippen molar-refractivity contribution in [1.29, 1.82) is 0 Å². The predicted molar refractivity (Wildman–Crippen MR) is 77.6 cm³/mol. The maximum absolute atomic E-state index is 11.5. The molecule has 0 N–H and O–H groups in total. The van der Waals surface area contributed by atoms with Crippen molar-refractivity contribution in [2.24, 2.45) is 5.92 Å². The highest BCUT2D eigenvalue weighted by atomic mass is 16.5. The summed E-state index contributed by atoms with van der Waals surface area (Å²) in [7, 11) is 0. The number of carbonyl (C=O) groups is 1. The van der Waals surface area contributed by atoms with Crippen molar-refractivity contribution in [2.45, 2.75) is 85.0 Å². The molecule has 0 saturated heterocycles. The van der Waals surface area contributed by atoms with E-state index in [2.05, 4.69) is 20.8 Å². The van der Waals surface area contributed by atoms with E-state index < -0.39 is 0 Å². The summed E-state index contributed by atoms with van der Waals surface area (Å²) >= 11 is 0. The Morgan fingerprint density at radius 1 is 0.889 bits per heavy atom. The number of unbranched alkanes of at least 4 members (excludes halogenated alkanes) is 3. The van der Waals surface area contributed by atoms with Crippen LogP contribution in [0.1, 0.15) is 85.0 Å². The molecule has 0 aromatic rings. The Hall–Kier alpha value is -0.530. The van der Waals surface area contributed by atoms with Gasteiger partial charge in [0.2, 0.25) is 0 Å². The SMILES string of the molecule is CCCCOC(=O)CCC(CCCC)CCCC. The molecular weight excluding hydrogens is 224 g/mol. The van der Waals surface area contributed by atoms with Crippen molar-refractivity contribution in [2.75, 3.05) is 6.61 Å². The summed E-state index contributed by atoms with van der Waals surface area (Å²) in [4.78, 5) is 11.5. The molecule has 0 aliphatic heterocycles. The summed E-state index contributed by atoms with van der Waals surface area (Å²) in [5, 5.41) is 0. The number of hydrogen-bond acceptors (Lipinski definition) is 2. The molecule has 0 spiro atoms. The molecular formula is C16H32O2. The Morgan fingerprint density at radius 2 is 1.44 bits per heavy atom. The van der Waals surface area contributed by atoms with Crippen molar-refractivity contribution in [1.82, 2.24) is 0 Å². The third-order valence-corrected chi connectivity index (χ3v) is 3.45. The third kappa shape index (κ3) is 10.6. The first-order valence-electron chi connectivity index (χ1n) is 7.90. The van der Waals surface area contributed by atoms with Gasteiger partial charge in [0, 0.05) is 6.42 Å². The molecule has 0 aliphatic carbocycles. The first-order valence-corrected chi connectivity index (χ1v) is 7.90. The van der Waals surface area contributed by atoms with E-state index in [1.165, 1.54) is 38.5 Å². The molecule has 0 fully saturated rings. The van der Waals surface area contributed by atoms with Gasteiger partial charge < -0.3 is 4.74 Å². The molecule has 108 valence electrons. The standard InChI is InChI=1S/C16H32O2/c1-4-7-10-15(11-8-5-2)12-13-16(17)18-14-9-6-3/h15H,4-14H2,1-3H3. The Bertz CT molecular complexity index is 182. The van der Waals surface area contributed by atoms with Crippen molar-refractivity contribution in [3.63, 3.8) is 0 Å². The summed E-state index contributed by atoms with van der Waals surface area (Å²) in [6.45, 7) is 7.18. The van der Waals surface area contributed by atoms with E-state index in [1.54, 1.807) is 0 Å². The fourth-order valence-corrected chi connectivity index (χ4v) is 2.14. The molecule has 0 bridgehead atoms. The van der Waals surface area contributed by atoms with Crippen LogP contribution < -0.4 is 0 Å². The summed E-state index contributed by atoms with van der Waals surface area (Å²) < 4.78 is 5.20. The molecule has 2 heteroatoms. The van der Waals surface area contributed by atoms with Gasteiger partial charge in [0.1, 0.15) is 0 Å². The van der Waals surface area contributed by atoms with Crippen LogP contribution in [-0.4, -0.2) is 12.6 Å². The molecule has 0 rings (SSSR count). The smallest absolute Gasteiger partial charge is 0.305 e. The maximum Gasteiger partial charge on any atom is 0.305 e. The average Bonchev–Trinajstić information content (AvgIpc) is 2.38. The lowest BCUT2D eigenvalue weighted by Gasteiger charge is -2.15. The van der Waals surface area contributed by atoms with E-state index in [1.807, 2.05) is 0 Å². The highest BCUT2D eigenvalue weighted by molar-refractivity contribution is 5.69. The van der Waals surface area contributed by atoms with Crippen LogP contribution in [0.15, 0.2) is 0 Å². The minimum atomic E-state index is 0.00134. The van der Waals surface area contributed by atoms with Gasteiger partial charge in [-0.2, -0.15) is 0 Å². The molecule has 0 amide bonds. The van der Waals surface area contributed by atoms with Crippen LogP contribution in [0.4, 0.5) is 0 Å². The van der Waals surface area contributed by atoms with E-state index >= 15 is 0 Å². The lowest BCUT2D eigenvalue weighted by molar-refractivity contribution is -0.144. The van der Waals surface area contributed by atoms with E-state index in [9.17, 15) is 4.79 Å². The fraction of sp³-hybridized carbons (Fsp3) is 0.938. The molecule has 2 nitrogen and oxygen atoms in total. The zero-order valence-corrected chi connectivity index (χ0v) is 12.7. The van der Waals surface area contributed by atoms with Gasteiger partial charge in [-0.1, -0.05) is 65.7 Å². The van der Waals surface area contributed by atoms with E-state index in [0.717, 1.165) is 25.2 Å². The van der Waals surface area contributed by atoms with Gasteiger partial charge in [-0.05, 0) is 18.8 Å². The second-order valence-corrected chi connectivity index (χ2v) is 5.26. The van der Waals surface area contributed by atoms with Crippen LogP contribution in [0, 0.1) is 5.92 Å². The van der Waals surface area contributed by atoms with Crippen molar-refractivity contribution < 1.29 is 9.53 Å². The first kappa shape index (κ1) is 17.5. The molecule has 0 unspecified atom stereocenters. The van der Waals surface area contributed by atoms with Gasteiger partial charge in [-0.25, -0.2) is 0 Å². The Morgan fingerprint density at radius 3 is 1.94 bits per heavy atom. The monoisotopic (exact) mass is 256 g/mol. The number of hydrogen-bond donors (Lipinski definition) is 0. The molecule has 0 atom stereocenters. The minimum Gasteiger partial charge on any atom is -0.466 e. The quantitative estimate of drug-likeness (QED) is 0.358. The molecule has 0 saturated carbocycles. The molecule has 0 aromatic heterocycles. The van der Waals surface area contributed by atoms with Crippen LogP contribution in [0.25, 0.3) is 0 Å². The van der Waals surface area contributed by atoms with Crippen LogP contribution >= 0.6 is 0 Å². The molecule has 0 heterocycles. The van der Waals surface area contributed by atoms with Crippen LogP contribution in [-0.2, 0) is 9.53 Å². The summed E-state index contributed by atoms with van der Waals surface area (Å²) in [5.74, 6) is 0.727. The topological polar surface area (TPSA) is 26.3 Å². The van der Waals surface area contributed by atoms with Gasteiger partial charge in [-0.3, -0.25) is 4.79 Å². The van der Waals surface area contributed by atoms with E-state index in [4.69, 9.17) is 4.74 Å². The van der Waals surface area contributed by atoms with Gasteiger partial charge in [0.15, 0.2) is 0 Å². The number of carbonyl (C=O) groups excluding carboxylic acids is 1. The Labute approximate surface area is 113 Å². The van der Waals surface area contributed by atoms with Gasteiger partial charge in [-0.15, -0.1) is 0 Å². The van der Waals surface area contributed by atoms with Crippen molar-refractivity contribution >= 4 is 5.97 Å². The second kappa shape index (κ2) is 12.9. The van der Waals surface area contributed by atoms with E-state index in [-0.39, 0.29) is 5.97 Å². The fourth-order valence-electron chi connectivity index (χ4n) is 2.14. The summed E-state index contributed by atoms with van der Waals surface area (Å²) in [6, 6.07) is 0. The molecule has 18 heavy (non-hydrogen) atoms. The zero-order valence-electron chi connectivity index (χ0n) is 12.7. The number of rotatable bonds is 12. The molecule has 0 radical (unpaired) electrons. The highest BCUT2D eigenvalue weighted by Crippen LogP contribution is 2.21. The largest absolute Gasteiger partial charge is 0.466 e. The summed E-state index contributed by atoms with van der Waals surface area (Å²) in [5.41, 5.74) is 0. The summed E-state index contributed by atoms with van der Waals surface area (Å²) in [6.07, 6.45) is 11.3. The van der Waals surface area contributed by atoms with Gasteiger partial charge in [0.25, 0.3) is 0 Å². The van der Waals surface area contributed by atoms with Gasteiger partial charge >= 0.3 is 5.97 Å². The molecule has 0 aliphatic rings. The van der Waals surface area contributed by atoms with Crippen molar-refractivity contribution in [3.05, 3.63) is 0 Å². The molecule has 0 aromatic carbocycles. The average molecular weight is 256 g/mol. The number of esters is 1. The Kier molecular flexibility index (Phi) is 12.5. The van der Waals surface area contributed by atoms with Crippen LogP contribution in [0.5, 0.6) is 0 Å². The first-order chi connectivity index (χ1) is 8.74. The zero-order chi connectivity index (χ0) is 13.6. The number of ether oxygens (including phenoxy) is 1. The van der Waals surface area contributed by atoms with Crippen LogP contribution in [0.3, 0.4) is 0 Å². The lowest BCUT2D eigenvalue weighted by atomic mass is 9.92. The third-order valence-electron chi connectivity index (χ3n) is 3.45. The van der Waals surface area contributed by atoms with Crippen molar-refractivity contribution in [3.8, 4) is 0 Å². The lowest BCUT2D eigenvalue weighted by Crippen LogP contribution is -2.09. The van der Waals surface area contributed by atoms with E-state index in [0.29, 0.717) is 13.0 Å². The predicted octanol–water partition coefficient (Wildman–Crippen LogP) is 5.11.